The van der Waals surface area contributed by atoms with Crippen molar-refractivity contribution < 1.29 is 18.3 Å². The summed E-state index contributed by atoms with van der Waals surface area (Å²) in [6, 6.07) is 8.40. The summed E-state index contributed by atoms with van der Waals surface area (Å²) >= 11 is 0. The van der Waals surface area contributed by atoms with Crippen LogP contribution in [0.5, 0.6) is 0 Å². The predicted octanol–water partition coefficient (Wildman–Crippen LogP) is 3.68. The van der Waals surface area contributed by atoms with Crippen molar-refractivity contribution in [3.63, 3.8) is 0 Å². The van der Waals surface area contributed by atoms with Crippen molar-refractivity contribution in [2.75, 3.05) is 0 Å². The molecule has 20 heavy (non-hydrogen) atoms. The van der Waals surface area contributed by atoms with E-state index in [2.05, 4.69) is 4.98 Å². The highest BCUT2D eigenvalue weighted by Crippen LogP contribution is 2.29. The first kappa shape index (κ1) is 14.5. The van der Waals surface area contributed by atoms with Gasteiger partial charge in [0, 0.05) is 12.6 Å². The minimum Gasteiger partial charge on any atom is -0.386 e. The van der Waals surface area contributed by atoms with Crippen molar-refractivity contribution in [1.29, 1.82) is 0 Å². The number of aliphatic hydroxyl groups is 1. The van der Waals surface area contributed by atoms with Crippen LogP contribution in [0.2, 0.25) is 0 Å². The summed E-state index contributed by atoms with van der Waals surface area (Å²) in [7, 11) is 0. The Hall–Kier alpha value is -1.88. The topological polar surface area (TPSA) is 33.1 Å². The van der Waals surface area contributed by atoms with Crippen molar-refractivity contribution in [3.05, 3.63) is 65.0 Å². The first-order valence-electron chi connectivity index (χ1n) is 6.13. The molecule has 0 radical (unpaired) electrons. The zero-order valence-corrected chi connectivity index (χ0v) is 10.9. The van der Waals surface area contributed by atoms with Crippen LogP contribution in [0, 0.1) is 6.92 Å². The van der Waals surface area contributed by atoms with Crippen molar-refractivity contribution in [2.45, 2.75) is 25.6 Å². The number of aliphatic hydroxyl groups excluding tert-OH is 1. The number of hydrogen-bond acceptors (Lipinski definition) is 2. The number of aromatic nitrogens is 1. The Kier molecular flexibility index (Phi) is 4.09. The first-order chi connectivity index (χ1) is 9.38. The largest absolute Gasteiger partial charge is 0.416 e. The van der Waals surface area contributed by atoms with E-state index >= 15 is 0 Å². The van der Waals surface area contributed by atoms with Crippen LogP contribution in [0.4, 0.5) is 13.2 Å². The van der Waals surface area contributed by atoms with Crippen molar-refractivity contribution in [1.82, 2.24) is 4.98 Å². The van der Waals surface area contributed by atoms with Gasteiger partial charge in [0.05, 0.1) is 11.3 Å². The highest BCUT2D eigenvalue weighted by molar-refractivity contribution is 5.27. The van der Waals surface area contributed by atoms with Gasteiger partial charge in [-0.25, -0.2) is 0 Å². The lowest BCUT2D eigenvalue weighted by molar-refractivity contribution is -0.137. The maximum atomic E-state index is 12.4. The first-order valence-corrected chi connectivity index (χ1v) is 6.13. The van der Waals surface area contributed by atoms with E-state index in [-0.39, 0.29) is 6.42 Å². The van der Waals surface area contributed by atoms with Crippen LogP contribution in [-0.4, -0.2) is 10.1 Å². The van der Waals surface area contributed by atoms with Crippen LogP contribution in [0.25, 0.3) is 0 Å². The highest BCUT2D eigenvalue weighted by Gasteiger charge is 2.30. The molecular formula is C15H14F3NO. The van der Waals surface area contributed by atoms with E-state index in [9.17, 15) is 18.3 Å². The Bertz CT molecular complexity index is 578. The minimum atomic E-state index is -4.34. The molecule has 5 heteroatoms. The molecule has 1 aromatic heterocycles. The number of pyridine rings is 1. The zero-order chi connectivity index (χ0) is 14.8. The molecule has 0 aliphatic heterocycles. The molecule has 0 spiro atoms. The fourth-order valence-electron chi connectivity index (χ4n) is 2.00. The Morgan fingerprint density at radius 2 is 1.80 bits per heavy atom. The predicted molar refractivity (Wildman–Crippen MR) is 69.1 cm³/mol. The van der Waals surface area contributed by atoms with Crippen molar-refractivity contribution in [3.8, 4) is 0 Å². The standard InChI is InChI=1S/C15H14F3NO/c1-10-3-2-8-19-14(10)13(20)9-11-4-6-12(7-5-11)15(16,17)18/h2-8,13,20H,9H2,1H3. The molecule has 2 aromatic rings. The van der Waals surface area contributed by atoms with E-state index in [1.807, 2.05) is 13.0 Å². The van der Waals surface area contributed by atoms with E-state index < -0.39 is 17.8 Å². The minimum absolute atomic E-state index is 0.232. The lowest BCUT2D eigenvalue weighted by Crippen LogP contribution is -2.07. The molecule has 0 amide bonds. The number of alkyl halides is 3. The van der Waals surface area contributed by atoms with Gasteiger partial charge in [0.25, 0.3) is 0 Å². The molecule has 2 nitrogen and oxygen atoms in total. The third-order valence-corrected chi connectivity index (χ3v) is 3.08. The van der Waals surface area contributed by atoms with E-state index in [4.69, 9.17) is 0 Å². The monoisotopic (exact) mass is 281 g/mol. The van der Waals surface area contributed by atoms with Gasteiger partial charge in [0.2, 0.25) is 0 Å². The number of benzene rings is 1. The second-order valence-corrected chi connectivity index (χ2v) is 4.62. The van der Waals surface area contributed by atoms with E-state index in [0.717, 1.165) is 17.7 Å². The average Bonchev–Trinajstić information content (AvgIpc) is 2.38. The summed E-state index contributed by atoms with van der Waals surface area (Å²) in [5.74, 6) is 0. The van der Waals surface area contributed by atoms with E-state index in [1.54, 1.807) is 12.3 Å². The lowest BCUT2D eigenvalue weighted by atomic mass is 10.0. The fourth-order valence-corrected chi connectivity index (χ4v) is 2.00. The van der Waals surface area contributed by atoms with Crippen LogP contribution in [0.15, 0.2) is 42.6 Å². The molecule has 0 fully saturated rings. The Morgan fingerprint density at radius 1 is 1.15 bits per heavy atom. The van der Waals surface area contributed by atoms with Gasteiger partial charge < -0.3 is 5.11 Å². The van der Waals surface area contributed by atoms with Crippen LogP contribution in [0.3, 0.4) is 0 Å². The van der Waals surface area contributed by atoms with Gasteiger partial charge in [-0.3, -0.25) is 4.98 Å². The molecule has 106 valence electrons. The summed E-state index contributed by atoms with van der Waals surface area (Å²) in [6.07, 6.45) is -3.35. The summed E-state index contributed by atoms with van der Waals surface area (Å²) in [4.78, 5) is 4.10. The lowest BCUT2D eigenvalue weighted by Gasteiger charge is -2.13. The number of rotatable bonds is 3. The highest BCUT2D eigenvalue weighted by atomic mass is 19.4. The van der Waals surface area contributed by atoms with Gasteiger partial charge >= 0.3 is 6.18 Å². The second-order valence-electron chi connectivity index (χ2n) is 4.62. The van der Waals surface area contributed by atoms with Crippen LogP contribution in [0.1, 0.15) is 28.5 Å². The van der Waals surface area contributed by atoms with Gasteiger partial charge in [-0.2, -0.15) is 13.2 Å². The number of aryl methyl sites for hydroxylation is 1. The number of halogens is 3. The Labute approximate surface area is 114 Å². The molecule has 0 saturated carbocycles. The molecule has 0 bridgehead atoms. The normalized spacial score (nSPS) is 13.2. The zero-order valence-electron chi connectivity index (χ0n) is 10.9. The van der Waals surface area contributed by atoms with Gasteiger partial charge in [0.15, 0.2) is 0 Å². The van der Waals surface area contributed by atoms with E-state index in [0.29, 0.717) is 11.3 Å². The molecule has 2 rings (SSSR count). The number of nitrogens with zero attached hydrogens (tertiary/aromatic N) is 1. The molecule has 0 aliphatic carbocycles. The quantitative estimate of drug-likeness (QED) is 0.930. The third kappa shape index (κ3) is 3.36. The molecule has 0 aliphatic rings. The summed E-state index contributed by atoms with van der Waals surface area (Å²) in [5.41, 5.74) is 1.35. The maximum Gasteiger partial charge on any atom is 0.416 e. The maximum absolute atomic E-state index is 12.4. The Balaban J connectivity index is 2.13. The van der Waals surface area contributed by atoms with Crippen LogP contribution in [-0.2, 0) is 12.6 Å². The molecule has 1 N–H and O–H groups in total. The summed E-state index contributed by atoms with van der Waals surface area (Å²) in [6.45, 7) is 1.83. The van der Waals surface area contributed by atoms with E-state index in [1.165, 1.54) is 12.1 Å². The molecular weight excluding hydrogens is 267 g/mol. The Morgan fingerprint density at radius 3 is 2.35 bits per heavy atom. The van der Waals surface area contributed by atoms with Crippen LogP contribution < -0.4 is 0 Å². The SMILES string of the molecule is Cc1cccnc1C(O)Cc1ccc(C(F)(F)F)cc1. The third-order valence-electron chi connectivity index (χ3n) is 3.08. The van der Waals surface area contributed by atoms with Gasteiger partial charge in [-0.15, -0.1) is 0 Å². The summed E-state index contributed by atoms with van der Waals surface area (Å²) in [5, 5.41) is 10.1. The molecule has 1 atom stereocenters. The average molecular weight is 281 g/mol. The second kappa shape index (κ2) is 5.63. The molecule has 1 unspecified atom stereocenters. The smallest absolute Gasteiger partial charge is 0.386 e. The van der Waals surface area contributed by atoms with Crippen molar-refractivity contribution in [2.24, 2.45) is 0 Å². The molecule has 1 heterocycles. The van der Waals surface area contributed by atoms with Gasteiger partial charge in [-0.05, 0) is 36.2 Å². The molecule has 0 saturated heterocycles. The fraction of sp³-hybridized carbons (Fsp3) is 0.267. The summed E-state index contributed by atoms with van der Waals surface area (Å²) < 4.78 is 37.3. The van der Waals surface area contributed by atoms with Gasteiger partial charge in [0.1, 0.15) is 6.10 Å². The molecule has 1 aromatic carbocycles. The number of hydrogen-bond donors (Lipinski definition) is 1. The van der Waals surface area contributed by atoms with Gasteiger partial charge in [-0.1, -0.05) is 18.2 Å². The van der Waals surface area contributed by atoms with Crippen molar-refractivity contribution >= 4 is 0 Å². The van der Waals surface area contributed by atoms with Crippen LogP contribution >= 0.6 is 0 Å².